The molecule has 0 saturated carbocycles. The average Bonchev–Trinajstić information content (AvgIpc) is 2.16. The van der Waals surface area contributed by atoms with Gasteiger partial charge in [-0.25, -0.2) is 9.78 Å². The molecule has 1 aromatic rings. The van der Waals surface area contributed by atoms with Crippen LogP contribution in [0.3, 0.4) is 0 Å². The van der Waals surface area contributed by atoms with Crippen LogP contribution in [0.5, 0.6) is 0 Å². The molecule has 70 valence electrons. The molecule has 0 spiro atoms. The molecule has 0 saturated heterocycles. The molecule has 0 aliphatic carbocycles. The Hall–Kier alpha value is -0.680. The standard InChI is InChI=1S/C7H6BrClN2O2/c1-13-7(12)6-4(2-8)10-3-5(9)11-6/h3H,2H2,1H3. The fraction of sp³-hybridized carbons (Fsp3) is 0.286. The number of carbonyl (C=O) groups excluding carboxylic acids is 1. The van der Waals surface area contributed by atoms with E-state index in [1.54, 1.807) is 0 Å². The Morgan fingerprint density at radius 1 is 1.77 bits per heavy atom. The second kappa shape index (κ2) is 4.53. The van der Waals surface area contributed by atoms with Gasteiger partial charge in [0.2, 0.25) is 0 Å². The quantitative estimate of drug-likeness (QED) is 0.604. The Morgan fingerprint density at radius 3 is 3.00 bits per heavy atom. The fourth-order valence-corrected chi connectivity index (χ4v) is 1.29. The van der Waals surface area contributed by atoms with Crippen molar-refractivity contribution in [1.82, 2.24) is 9.97 Å². The molecule has 0 aromatic carbocycles. The molecule has 0 aliphatic heterocycles. The molecule has 0 amide bonds. The summed E-state index contributed by atoms with van der Waals surface area (Å²) in [5.41, 5.74) is 0.656. The van der Waals surface area contributed by atoms with Crippen LogP contribution in [0.4, 0.5) is 0 Å². The third-order valence-electron chi connectivity index (χ3n) is 1.32. The Bertz CT molecular complexity index is 332. The van der Waals surface area contributed by atoms with Gasteiger partial charge in [-0.15, -0.1) is 0 Å². The lowest BCUT2D eigenvalue weighted by Crippen LogP contribution is -2.09. The van der Waals surface area contributed by atoms with E-state index in [-0.39, 0.29) is 10.8 Å². The van der Waals surface area contributed by atoms with Crippen molar-refractivity contribution in [3.8, 4) is 0 Å². The molecule has 0 bridgehead atoms. The van der Waals surface area contributed by atoms with Crippen molar-refractivity contribution < 1.29 is 9.53 Å². The van der Waals surface area contributed by atoms with Gasteiger partial charge in [-0.2, -0.15) is 0 Å². The van der Waals surface area contributed by atoms with Gasteiger partial charge in [0.15, 0.2) is 5.69 Å². The summed E-state index contributed by atoms with van der Waals surface area (Å²) >= 11 is 8.76. The monoisotopic (exact) mass is 264 g/mol. The highest BCUT2D eigenvalue weighted by Crippen LogP contribution is 2.12. The van der Waals surface area contributed by atoms with Crippen LogP contribution in [0.2, 0.25) is 5.15 Å². The first-order valence-corrected chi connectivity index (χ1v) is 4.84. The van der Waals surface area contributed by atoms with Crippen molar-refractivity contribution >= 4 is 33.5 Å². The summed E-state index contributed by atoms with van der Waals surface area (Å²) in [5.74, 6) is -0.538. The minimum atomic E-state index is -0.538. The molecule has 0 fully saturated rings. The summed E-state index contributed by atoms with van der Waals surface area (Å²) in [5, 5.41) is 0.604. The van der Waals surface area contributed by atoms with E-state index in [1.165, 1.54) is 13.3 Å². The Kier molecular flexibility index (Phi) is 3.62. The zero-order valence-electron chi connectivity index (χ0n) is 6.75. The first-order chi connectivity index (χ1) is 6.19. The SMILES string of the molecule is COC(=O)c1nc(Cl)cnc1CBr. The van der Waals surface area contributed by atoms with Crippen molar-refractivity contribution in [2.75, 3.05) is 7.11 Å². The van der Waals surface area contributed by atoms with E-state index in [1.807, 2.05) is 0 Å². The van der Waals surface area contributed by atoms with Gasteiger partial charge in [0.05, 0.1) is 19.0 Å². The maximum absolute atomic E-state index is 11.1. The highest BCUT2D eigenvalue weighted by Gasteiger charge is 2.14. The number of esters is 1. The van der Waals surface area contributed by atoms with Crippen LogP contribution in [0.1, 0.15) is 16.2 Å². The van der Waals surface area contributed by atoms with E-state index < -0.39 is 5.97 Å². The highest BCUT2D eigenvalue weighted by molar-refractivity contribution is 9.08. The van der Waals surface area contributed by atoms with Crippen LogP contribution in [-0.2, 0) is 10.1 Å². The number of hydrogen-bond donors (Lipinski definition) is 0. The van der Waals surface area contributed by atoms with Crippen molar-refractivity contribution in [2.24, 2.45) is 0 Å². The van der Waals surface area contributed by atoms with Gasteiger partial charge < -0.3 is 4.74 Å². The number of ether oxygens (including phenoxy) is 1. The maximum Gasteiger partial charge on any atom is 0.358 e. The van der Waals surface area contributed by atoms with Crippen LogP contribution >= 0.6 is 27.5 Å². The molecule has 0 aliphatic rings. The lowest BCUT2D eigenvalue weighted by molar-refractivity contribution is 0.0592. The molecule has 1 rings (SSSR count). The minimum Gasteiger partial charge on any atom is -0.464 e. The number of methoxy groups -OCH3 is 1. The largest absolute Gasteiger partial charge is 0.464 e. The van der Waals surface area contributed by atoms with Gasteiger partial charge in [-0.1, -0.05) is 27.5 Å². The first-order valence-electron chi connectivity index (χ1n) is 3.34. The number of hydrogen-bond acceptors (Lipinski definition) is 4. The topological polar surface area (TPSA) is 52.1 Å². The molecule has 1 aromatic heterocycles. The molecule has 0 atom stereocenters. The van der Waals surface area contributed by atoms with Crippen LogP contribution in [-0.4, -0.2) is 23.0 Å². The molecular weight excluding hydrogens is 259 g/mol. The second-order valence-electron chi connectivity index (χ2n) is 2.11. The molecule has 1 heterocycles. The number of carbonyl (C=O) groups is 1. The van der Waals surface area contributed by atoms with Crippen molar-refractivity contribution in [2.45, 2.75) is 5.33 Å². The van der Waals surface area contributed by atoms with Gasteiger partial charge in [0, 0.05) is 5.33 Å². The molecular formula is C7H6BrClN2O2. The molecule has 6 heteroatoms. The Labute approximate surface area is 88.4 Å². The van der Waals surface area contributed by atoms with Crippen LogP contribution in [0, 0.1) is 0 Å². The van der Waals surface area contributed by atoms with Crippen molar-refractivity contribution in [1.29, 1.82) is 0 Å². The zero-order chi connectivity index (χ0) is 9.84. The zero-order valence-corrected chi connectivity index (χ0v) is 9.09. The summed E-state index contributed by atoms with van der Waals surface area (Å²) < 4.78 is 4.51. The first kappa shape index (κ1) is 10.4. The van der Waals surface area contributed by atoms with Crippen LogP contribution in [0.15, 0.2) is 6.20 Å². The molecule has 4 nitrogen and oxygen atoms in total. The average molecular weight is 265 g/mol. The predicted molar refractivity (Wildman–Crippen MR) is 51.0 cm³/mol. The van der Waals surface area contributed by atoms with Gasteiger partial charge in [-0.3, -0.25) is 4.98 Å². The van der Waals surface area contributed by atoms with Crippen LogP contribution < -0.4 is 0 Å². The minimum absolute atomic E-state index is 0.145. The van der Waals surface area contributed by atoms with Gasteiger partial charge in [-0.05, 0) is 0 Å². The van der Waals surface area contributed by atoms with Gasteiger partial charge >= 0.3 is 5.97 Å². The lowest BCUT2D eigenvalue weighted by Gasteiger charge is -2.02. The number of alkyl halides is 1. The number of halogens is 2. The van der Waals surface area contributed by atoms with E-state index in [2.05, 4.69) is 30.6 Å². The normalized spacial score (nSPS) is 9.77. The summed E-state index contributed by atoms with van der Waals surface area (Å²) in [6.45, 7) is 0. The van der Waals surface area contributed by atoms with Gasteiger partial charge in [0.1, 0.15) is 5.15 Å². The number of aromatic nitrogens is 2. The van der Waals surface area contributed by atoms with Crippen LogP contribution in [0.25, 0.3) is 0 Å². The summed E-state index contributed by atoms with van der Waals surface area (Å²) in [7, 11) is 1.28. The predicted octanol–water partition coefficient (Wildman–Crippen LogP) is 1.81. The van der Waals surface area contributed by atoms with E-state index in [4.69, 9.17) is 11.6 Å². The third-order valence-corrected chi connectivity index (χ3v) is 2.04. The van der Waals surface area contributed by atoms with E-state index in [0.29, 0.717) is 11.0 Å². The number of rotatable bonds is 2. The van der Waals surface area contributed by atoms with Crippen molar-refractivity contribution in [3.63, 3.8) is 0 Å². The lowest BCUT2D eigenvalue weighted by atomic mass is 10.3. The maximum atomic E-state index is 11.1. The summed E-state index contributed by atoms with van der Waals surface area (Å²) in [4.78, 5) is 18.9. The Balaban J connectivity index is 3.15. The molecule has 0 N–H and O–H groups in total. The summed E-state index contributed by atoms with van der Waals surface area (Å²) in [6, 6.07) is 0. The highest BCUT2D eigenvalue weighted by atomic mass is 79.9. The van der Waals surface area contributed by atoms with E-state index in [0.717, 1.165) is 0 Å². The fourth-order valence-electron chi connectivity index (χ4n) is 0.750. The molecule has 0 unspecified atom stereocenters. The van der Waals surface area contributed by atoms with E-state index >= 15 is 0 Å². The second-order valence-corrected chi connectivity index (χ2v) is 3.06. The third kappa shape index (κ3) is 2.38. The molecule has 13 heavy (non-hydrogen) atoms. The van der Waals surface area contributed by atoms with Crippen molar-refractivity contribution in [3.05, 3.63) is 22.7 Å². The number of nitrogens with zero attached hydrogens (tertiary/aromatic N) is 2. The van der Waals surface area contributed by atoms with Gasteiger partial charge in [0.25, 0.3) is 0 Å². The summed E-state index contributed by atoms with van der Waals surface area (Å²) in [6.07, 6.45) is 1.38. The Morgan fingerprint density at radius 2 is 2.46 bits per heavy atom. The molecule has 0 radical (unpaired) electrons. The smallest absolute Gasteiger partial charge is 0.358 e. The van der Waals surface area contributed by atoms with E-state index in [9.17, 15) is 4.79 Å².